The van der Waals surface area contributed by atoms with Crippen molar-refractivity contribution in [3.63, 3.8) is 0 Å². The first-order valence-corrected chi connectivity index (χ1v) is 2.91. The van der Waals surface area contributed by atoms with E-state index in [4.69, 9.17) is 4.55 Å². The molecule has 0 saturated heterocycles. The van der Waals surface area contributed by atoms with E-state index in [1.165, 1.54) is 0 Å². The molecular weight excluding hydrogens is 132 g/mol. The molecule has 54 valence electrons. The summed E-state index contributed by atoms with van der Waals surface area (Å²) in [6.07, 6.45) is 0. The Morgan fingerprint density at radius 1 is 1.38 bits per heavy atom. The smallest absolute Gasteiger partial charge is 0.155 e. The molecule has 0 radical (unpaired) electrons. The highest BCUT2D eigenvalue weighted by molar-refractivity contribution is 7.79. The van der Waals surface area contributed by atoms with Crippen LogP contribution in [0.1, 0.15) is 13.8 Å². The van der Waals surface area contributed by atoms with Crippen LogP contribution in [0.25, 0.3) is 0 Å². The molecule has 0 aromatic carbocycles. The molecule has 0 aromatic heterocycles. The summed E-state index contributed by atoms with van der Waals surface area (Å²) in [4.78, 5) is 0. The standard InChI is InChI=1S/C3H8O2S.2H2O/c1-3(2)6(4)5;;/h3H,1-2H3,(H,4,5);2*1H2. The zero-order valence-corrected chi connectivity index (χ0v) is 5.66. The van der Waals surface area contributed by atoms with Crippen LogP contribution in [0.4, 0.5) is 0 Å². The van der Waals surface area contributed by atoms with Gasteiger partial charge >= 0.3 is 0 Å². The molecule has 0 aliphatic carbocycles. The van der Waals surface area contributed by atoms with Gasteiger partial charge in [-0.2, -0.15) is 0 Å². The summed E-state index contributed by atoms with van der Waals surface area (Å²) in [5, 5.41) is -0.120. The average molecular weight is 144 g/mol. The fourth-order valence-electron chi connectivity index (χ4n) is 0. The molecule has 5 N–H and O–H groups in total. The van der Waals surface area contributed by atoms with Gasteiger partial charge in [-0.1, -0.05) is 0 Å². The van der Waals surface area contributed by atoms with E-state index in [1.807, 2.05) is 0 Å². The fourth-order valence-corrected chi connectivity index (χ4v) is 0. The van der Waals surface area contributed by atoms with Crippen molar-refractivity contribution in [2.75, 3.05) is 0 Å². The first kappa shape index (κ1) is 15.7. The number of hydrogen-bond donors (Lipinski definition) is 1. The average Bonchev–Trinajstić information content (AvgIpc) is 1.36. The Morgan fingerprint density at radius 2 is 1.50 bits per heavy atom. The lowest BCUT2D eigenvalue weighted by Gasteiger charge is -1.90. The molecule has 0 heterocycles. The predicted octanol–water partition coefficient (Wildman–Crippen LogP) is -1.03. The third-order valence-electron chi connectivity index (χ3n) is 0.403. The quantitative estimate of drug-likeness (QED) is 0.475. The van der Waals surface area contributed by atoms with Crippen molar-refractivity contribution in [2.45, 2.75) is 19.1 Å². The van der Waals surface area contributed by atoms with Gasteiger partial charge in [0.05, 0.1) is 5.25 Å². The highest BCUT2D eigenvalue weighted by Gasteiger charge is 1.95. The minimum Gasteiger partial charge on any atom is -0.412 e. The van der Waals surface area contributed by atoms with Crippen molar-refractivity contribution in [3.8, 4) is 0 Å². The van der Waals surface area contributed by atoms with Gasteiger partial charge in [-0.05, 0) is 13.8 Å². The lowest BCUT2D eigenvalue weighted by atomic mass is 10.6. The van der Waals surface area contributed by atoms with Gasteiger partial charge in [0.2, 0.25) is 0 Å². The van der Waals surface area contributed by atoms with Crippen molar-refractivity contribution < 1.29 is 19.7 Å². The van der Waals surface area contributed by atoms with Crippen LogP contribution >= 0.6 is 0 Å². The van der Waals surface area contributed by atoms with Crippen LogP contribution in [-0.4, -0.2) is 25.0 Å². The predicted molar refractivity (Wildman–Crippen MR) is 33.1 cm³/mol. The van der Waals surface area contributed by atoms with Gasteiger partial charge in [0, 0.05) is 0 Å². The molecule has 5 heteroatoms. The zero-order chi connectivity index (χ0) is 5.15. The third-order valence-corrected chi connectivity index (χ3v) is 1.21. The molecular formula is C3H12O4S. The van der Waals surface area contributed by atoms with Crippen LogP contribution in [0.5, 0.6) is 0 Å². The maximum atomic E-state index is 9.81. The maximum Gasteiger partial charge on any atom is 0.155 e. The molecule has 0 saturated carbocycles. The van der Waals surface area contributed by atoms with Crippen molar-refractivity contribution >= 4 is 11.1 Å². The second-order valence-corrected chi connectivity index (χ2v) is 2.82. The Balaban J connectivity index is -0.000000125. The molecule has 1 unspecified atom stereocenters. The van der Waals surface area contributed by atoms with Crippen LogP contribution in [0.3, 0.4) is 0 Å². The summed E-state index contributed by atoms with van der Waals surface area (Å²) in [5.74, 6) is 0. The van der Waals surface area contributed by atoms with E-state index in [-0.39, 0.29) is 16.2 Å². The molecule has 0 fully saturated rings. The molecule has 0 spiro atoms. The summed E-state index contributed by atoms with van der Waals surface area (Å²) in [6, 6.07) is 0. The van der Waals surface area contributed by atoms with Crippen molar-refractivity contribution in [1.29, 1.82) is 0 Å². The van der Waals surface area contributed by atoms with Crippen molar-refractivity contribution in [1.82, 2.24) is 0 Å². The lowest BCUT2D eigenvalue weighted by molar-refractivity contribution is 0.555. The van der Waals surface area contributed by atoms with Gasteiger partial charge in [-0.25, -0.2) is 4.21 Å². The van der Waals surface area contributed by atoms with Gasteiger partial charge in [0.15, 0.2) is 11.1 Å². The van der Waals surface area contributed by atoms with E-state index >= 15 is 0 Å². The molecule has 0 aliphatic rings. The molecule has 0 rings (SSSR count). The molecule has 1 atom stereocenters. The van der Waals surface area contributed by atoms with E-state index in [0.29, 0.717) is 0 Å². The summed E-state index contributed by atoms with van der Waals surface area (Å²) >= 11 is -1.62. The second-order valence-electron chi connectivity index (χ2n) is 1.32. The largest absolute Gasteiger partial charge is 0.412 e. The molecule has 0 amide bonds. The highest BCUT2D eigenvalue weighted by atomic mass is 32.2. The second kappa shape index (κ2) is 7.03. The van der Waals surface area contributed by atoms with E-state index < -0.39 is 11.1 Å². The van der Waals surface area contributed by atoms with Gasteiger partial charge in [-0.3, -0.25) is 0 Å². The molecule has 8 heavy (non-hydrogen) atoms. The Hall–Kier alpha value is 0.0300. The van der Waals surface area contributed by atoms with E-state index in [9.17, 15) is 4.21 Å². The van der Waals surface area contributed by atoms with E-state index in [2.05, 4.69) is 0 Å². The first-order valence-electron chi connectivity index (χ1n) is 1.74. The van der Waals surface area contributed by atoms with Crippen LogP contribution in [0, 0.1) is 0 Å². The summed E-state index contributed by atoms with van der Waals surface area (Å²) in [5.41, 5.74) is 0. The van der Waals surface area contributed by atoms with Gasteiger partial charge in [0.25, 0.3) is 0 Å². The first-order chi connectivity index (χ1) is 2.64. The summed E-state index contributed by atoms with van der Waals surface area (Å²) in [6.45, 7) is 3.38. The fraction of sp³-hybridized carbons (Fsp3) is 1.00. The zero-order valence-electron chi connectivity index (χ0n) is 4.84. The van der Waals surface area contributed by atoms with Crippen LogP contribution in [0.15, 0.2) is 0 Å². The minimum atomic E-state index is -1.62. The van der Waals surface area contributed by atoms with Crippen LogP contribution in [-0.2, 0) is 11.1 Å². The summed E-state index contributed by atoms with van der Waals surface area (Å²) in [7, 11) is 0. The Morgan fingerprint density at radius 3 is 1.50 bits per heavy atom. The molecule has 0 bridgehead atoms. The Bertz CT molecular complexity index is 62.3. The topological polar surface area (TPSA) is 100 Å². The lowest BCUT2D eigenvalue weighted by Crippen LogP contribution is -2.01. The monoisotopic (exact) mass is 144 g/mol. The molecule has 4 nitrogen and oxygen atoms in total. The van der Waals surface area contributed by atoms with Crippen LogP contribution < -0.4 is 0 Å². The maximum absolute atomic E-state index is 9.81. The Labute approximate surface area is 50.8 Å². The SMILES string of the molecule is CC(C)S(=O)O.O.O. The summed E-state index contributed by atoms with van der Waals surface area (Å²) < 4.78 is 17.9. The third kappa shape index (κ3) is 9.39. The number of hydrogen-bond acceptors (Lipinski definition) is 1. The molecule has 0 aliphatic heterocycles. The minimum absolute atomic E-state index is 0. The number of rotatable bonds is 1. The van der Waals surface area contributed by atoms with Crippen molar-refractivity contribution in [3.05, 3.63) is 0 Å². The van der Waals surface area contributed by atoms with Crippen molar-refractivity contribution in [2.24, 2.45) is 0 Å². The Kier molecular flexibility index (Phi) is 13.8. The molecule has 0 aromatic rings. The normalized spacial score (nSPS) is 11.5. The van der Waals surface area contributed by atoms with Gasteiger partial charge in [-0.15, -0.1) is 0 Å². The van der Waals surface area contributed by atoms with E-state index in [1.54, 1.807) is 13.8 Å². The van der Waals surface area contributed by atoms with Crippen LogP contribution in [0.2, 0.25) is 0 Å². The van der Waals surface area contributed by atoms with Gasteiger partial charge < -0.3 is 15.5 Å². The van der Waals surface area contributed by atoms with Gasteiger partial charge in [0.1, 0.15) is 0 Å². The highest BCUT2D eigenvalue weighted by Crippen LogP contribution is 1.85. The van der Waals surface area contributed by atoms with E-state index in [0.717, 1.165) is 0 Å².